The summed E-state index contributed by atoms with van der Waals surface area (Å²) in [5.74, 6) is -0.947. The van der Waals surface area contributed by atoms with Crippen LogP contribution in [-0.2, 0) is 4.79 Å². The van der Waals surface area contributed by atoms with Crippen LogP contribution in [0.3, 0.4) is 0 Å². The van der Waals surface area contributed by atoms with E-state index in [2.05, 4.69) is 10.6 Å². The van der Waals surface area contributed by atoms with Crippen molar-refractivity contribution in [2.45, 2.75) is 45.0 Å². The molecule has 1 aliphatic rings. The molecule has 0 aromatic heterocycles. The summed E-state index contributed by atoms with van der Waals surface area (Å²) in [7, 11) is 0. The molecule has 8 nitrogen and oxygen atoms in total. The maximum atomic E-state index is 11.8. The highest BCUT2D eigenvalue weighted by molar-refractivity contribution is 5.90. The van der Waals surface area contributed by atoms with Gasteiger partial charge in [-0.2, -0.15) is 0 Å². The minimum absolute atomic E-state index is 0.423. The number of nitrogens with one attached hydrogen (secondary N) is 2. The first-order chi connectivity index (χ1) is 11.2. The van der Waals surface area contributed by atoms with Gasteiger partial charge in [0.05, 0.1) is 6.54 Å². The molecule has 1 aliphatic heterocycles. The van der Waals surface area contributed by atoms with E-state index in [1.54, 1.807) is 18.2 Å². The number of carboxylic acid groups (broad SMARTS) is 1. The molecule has 0 spiro atoms. The van der Waals surface area contributed by atoms with E-state index in [0.717, 1.165) is 6.92 Å². The van der Waals surface area contributed by atoms with Gasteiger partial charge in [0.2, 0.25) is 0 Å². The summed E-state index contributed by atoms with van der Waals surface area (Å²) in [6, 6.07) is 4.36. The molecule has 0 fully saturated rings. The van der Waals surface area contributed by atoms with Gasteiger partial charge in [-0.1, -0.05) is 13.8 Å². The van der Waals surface area contributed by atoms with E-state index in [4.69, 9.17) is 14.6 Å². The van der Waals surface area contributed by atoms with E-state index in [0.29, 0.717) is 30.0 Å². The monoisotopic (exact) mass is 338 g/mol. The molecule has 132 valence electrons. The van der Waals surface area contributed by atoms with Gasteiger partial charge >= 0.3 is 12.0 Å². The lowest BCUT2D eigenvalue weighted by atomic mass is 10.1. The number of carbonyl (C=O) groups excluding carboxylic acids is 1. The van der Waals surface area contributed by atoms with Gasteiger partial charge in [-0.25, -0.2) is 9.59 Å². The van der Waals surface area contributed by atoms with Gasteiger partial charge in [-0.15, -0.1) is 0 Å². The standard InChI is InChI=1S/C16H22N2O6/c1-4-16(5-2)23-11-7-6-10(8-12(11)24-16)18-14(21)17-9-15(3,22)13(19)20/h6-8,22H,4-5,9H2,1-3H3,(H,19,20)(H2,17,18,21). The highest BCUT2D eigenvalue weighted by Crippen LogP contribution is 2.43. The van der Waals surface area contributed by atoms with Gasteiger partial charge in [0.25, 0.3) is 5.79 Å². The van der Waals surface area contributed by atoms with E-state index in [1.165, 1.54) is 0 Å². The summed E-state index contributed by atoms with van der Waals surface area (Å²) in [5, 5.41) is 23.2. The van der Waals surface area contributed by atoms with Crippen molar-refractivity contribution in [2.24, 2.45) is 0 Å². The number of ether oxygens (including phenoxy) is 2. The predicted octanol–water partition coefficient (Wildman–Crippen LogP) is 1.93. The number of anilines is 1. The molecule has 2 rings (SSSR count). The number of benzene rings is 1. The lowest BCUT2D eigenvalue weighted by Gasteiger charge is -2.24. The van der Waals surface area contributed by atoms with E-state index in [1.807, 2.05) is 13.8 Å². The van der Waals surface area contributed by atoms with Crippen LogP contribution in [0.2, 0.25) is 0 Å². The summed E-state index contributed by atoms with van der Waals surface area (Å²) in [5.41, 5.74) is -1.57. The van der Waals surface area contributed by atoms with Crippen LogP contribution in [0.15, 0.2) is 18.2 Å². The molecule has 8 heteroatoms. The molecule has 2 amide bonds. The number of fused-ring (bicyclic) bond motifs is 1. The fraction of sp³-hybridized carbons (Fsp3) is 0.500. The second-order valence-corrected chi connectivity index (χ2v) is 5.87. The average molecular weight is 338 g/mol. The molecule has 1 atom stereocenters. The van der Waals surface area contributed by atoms with Crippen LogP contribution < -0.4 is 20.1 Å². The third kappa shape index (κ3) is 3.70. The van der Waals surface area contributed by atoms with Crippen molar-refractivity contribution in [1.82, 2.24) is 5.32 Å². The van der Waals surface area contributed by atoms with Gasteiger partial charge in [0.1, 0.15) is 0 Å². The number of rotatable bonds is 6. The van der Waals surface area contributed by atoms with Crippen LogP contribution in [0, 0.1) is 0 Å². The molecule has 1 heterocycles. The number of hydrogen-bond acceptors (Lipinski definition) is 5. The number of aliphatic hydroxyl groups is 1. The van der Waals surface area contributed by atoms with Gasteiger partial charge in [-0.3, -0.25) is 0 Å². The Balaban J connectivity index is 1.98. The molecular formula is C16H22N2O6. The highest BCUT2D eigenvalue weighted by atomic mass is 16.7. The van der Waals surface area contributed by atoms with Crippen LogP contribution >= 0.6 is 0 Å². The van der Waals surface area contributed by atoms with Gasteiger partial charge in [0.15, 0.2) is 17.1 Å². The third-order valence-corrected chi connectivity index (χ3v) is 3.92. The topological polar surface area (TPSA) is 117 Å². The number of aliphatic carboxylic acids is 1. The molecule has 1 aromatic rings. The van der Waals surface area contributed by atoms with Crippen LogP contribution in [0.4, 0.5) is 10.5 Å². The Hall–Kier alpha value is -2.48. The minimum Gasteiger partial charge on any atom is -0.479 e. The molecule has 24 heavy (non-hydrogen) atoms. The van der Waals surface area contributed by atoms with E-state index in [-0.39, 0.29) is 0 Å². The van der Waals surface area contributed by atoms with Gasteiger partial charge in [0, 0.05) is 24.6 Å². The first-order valence-electron chi connectivity index (χ1n) is 7.74. The van der Waals surface area contributed by atoms with Crippen molar-refractivity contribution >= 4 is 17.7 Å². The molecular weight excluding hydrogens is 316 g/mol. The van der Waals surface area contributed by atoms with Crippen LogP contribution in [0.25, 0.3) is 0 Å². The number of urea groups is 1. The van der Waals surface area contributed by atoms with Gasteiger partial charge in [-0.05, 0) is 19.1 Å². The Bertz CT molecular complexity index is 639. The lowest BCUT2D eigenvalue weighted by Crippen LogP contribution is -2.47. The smallest absolute Gasteiger partial charge is 0.337 e. The molecule has 1 aromatic carbocycles. The summed E-state index contributed by atoms with van der Waals surface area (Å²) in [6.07, 6.45) is 1.37. The summed E-state index contributed by atoms with van der Waals surface area (Å²) < 4.78 is 11.7. The van der Waals surface area contributed by atoms with Crippen molar-refractivity contribution < 1.29 is 29.3 Å². The van der Waals surface area contributed by atoms with Gasteiger partial charge < -0.3 is 30.3 Å². The Morgan fingerprint density at radius 1 is 1.21 bits per heavy atom. The average Bonchev–Trinajstić information content (AvgIpc) is 2.91. The second-order valence-electron chi connectivity index (χ2n) is 5.87. The minimum atomic E-state index is -2.03. The zero-order chi connectivity index (χ0) is 18.0. The molecule has 0 aliphatic carbocycles. The number of carbonyl (C=O) groups is 2. The first kappa shape index (κ1) is 17.9. The number of carboxylic acids is 1. The molecule has 0 saturated carbocycles. The van der Waals surface area contributed by atoms with Crippen molar-refractivity contribution in [3.8, 4) is 11.5 Å². The summed E-state index contributed by atoms with van der Waals surface area (Å²) in [4.78, 5) is 22.6. The molecule has 0 saturated heterocycles. The SMILES string of the molecule is CCC1(CC)Oc2ccc(NC(=O)NCC(C)(O)C(=O)O)cc2O1. The predicted molar refractivity (Wildman–Crippen MR) is 86.3 cm³/mol. The normalized spacial score (nSPS) is 17.0. The Labute approximate surface area is 139 Å². The van der Waals surface area contributed by atoms with E-state index >= 15 is 0 Å². The second kappa shape index (κ2) is 6.56. The first-order valence-corrected chi connectivity index (χ1v) is 7.74. The summed E-state index contributed by atoms with van der Waals surface area (Å²) in [6.45, 7) is 4.62. The lowest BCUT2D eigenvalue weighted by molar-refractivity contribution is -0.155. The fourth-order valence-corrected chi connectivity index (χ4v) is 2.21. The zero-order valence-corrected chi connectivity index (χ0v) is 13.9. The number of amides is 2. The third-order valence-electron chi connectivity index (χ3n) is 3.92. The van der Waals surface area contributed by atoms with Crippen LogP contribution in [0.5, 0.6) is 11.5 Å². The van der Waals surface area contributed by atoms with E-state index in [9.17, 15) is 14.7 Å². The van der Waals surface area contributed by atoms with Crippen molar-refractivity contribution in [3.05, 3.63) is 18.2 Å². The maximum Gasteiger partial charge on any atom is 0.337 e. The maximum absolute atomic E-state index is 11.8. The summed E-state index contributed by atoms with van der Waals surface area (Å²) >= 11 is 0. The quantitative estimate of drug-likeness (QED) is 0.630. The van der Waals surface area contributed by atoms with Crippen LogP contribution in [0.1, 0.15) is 33.6 Å². The largest absolute Gasteiger partial charge is 0.479 e. The molecule has 4 N–H and O–H groups in total. The highest BCUT2D eigenvalue weighted by Gasteiger charge is 2.38. The van der Waals surface area contributed by atoms with Crippen molar-refractivity contribution in [3.63, 3.8) is 0 Å². The Morgan fingerprint density at radius 3 is 2.42 bits per heavy atom. The van der Waals surface area contributed by atoms with E-state index < -0.39 is 29.9 Å². The zero-order valence-electron chi connectivity index (χ0n) is 13.9. The Kier molecular flexibility index (Phi) is 4.88. The van der Waals surface area contributed by atoms with Crippen LogP contribution in [-0.4, -0.2) is 40.1 Å². The van der Waals surface area contributed by atoms with Crippen molar-refractivity contribution in [2.75, 3.05) is 11.9 Å². The Morgan fingerprint density at radius 2 is 1.83 bits per heavy atom. The molecule has 1 unspecified atom stereocenters. The molecule has 0 bridgehead atoms. The fourth-order valence-electron chi connectivity index (χ4n) is 2.21. The molecule has 0 radical (unpaired) electrons. The number of hydrogen-bond donors (Lipinski definition) is 4. The van der Waals surface area contributed by atoms with Crippen molar-refractivity contribution in [1.29, 1.82) is 0 Å².